The summed E-state index contributed by atoms with van der Waals surface area (Å²) in [6, 6.07) is 2.14. The van der Waals surface area contributed by atoms with Crippen LogP contribution in [0.1, 0.15) is 33.3 Å². The van der Waals surface area contributed by atoms with E-state index in [1.54, 1.807) is 0 Å². The number of H-pyrrole nitrogens is 1. The summed E-state index contributed by atoms with van der Waals surface area (Å²) in [5, 5.41) is 3.55. The molecule has 0 aliphatic rings. The monoisotopic (exact) mass is 237 g/mol. The molecule has 17 heavy (non-hydrogen) atoms. The number of aromatic amines is 1. The highest BCUT2D eigenvalue weighted by Crippen LogP contribution is 2.21. The summed E-state index contributed by atoms with van der Waals surface area (Å²) in [5.41, 5.74) is 7.28. The molecule has 0 saturated heterocycles. The van der Waals surface area contributed by atoms with Gasteiger partial charge in [0.1, 0.15) is 0 Å². The maximum absolute atomic E-state index is 5.77. The molecule has 0 amide bonds. The highest BCUT2D eigenvalue weighted by molar-refractivity contribution is 5.20. The summed E-state index contributed by atoms with van der Waals surface area (Å²) in [6.45, 7) is 11.7. The molecule has 1 rings (SSSR count). The summed E-state index contributed by atoms with van der Waals surface area (Å²) in [5.74, 6) is 1.21. The first-order valence-corrected chi connectivity index (χ1v) is 6.51. The fourth-order valence-corrected chi connectivity index (χ4v) is 2.01. The van der Waals surface area contributed by atoms with Gasteiger partial charge in [-0.25, -0.2) is 0 Å². The number of aromatic nitrogens is 1. The Morgan fingerprint density at radius 1 is 1.41 bits per heavy atom. The zero-order valence-electron chi connectivity index (χ0n) is 11.6. The van der Waals surface area contributed by atoms with Crippen LogP contribution >= 0.6 is 0 Å². The zero-order valence-corrected chi connectivity index (χ0v) is 11.6. The van der Waals surface area contributed by atoms with Gasteiger partial charge < -0.3 is 16.0 Å². The third-order valence-corrected chi connectivity index (χ3v) is 3.60. The molecule has 1 aromatic rings. The minimum Gasteiger partial charge on any atom is -0.367 e. The summed E-state index contributed by atoms with van der Waals surface area (Å²) >= 11 is 0. The van der Waals surface area contributed by atoms with Crippen molar-refractivity contribution in [2.75, 3.05) is 19.6 Å². The lowest BCUT2D eigenvalue weighted by atomic mass is 9.86. The molecule has 3 nitrogen and oxygen atoms in total. The lowest BCUT2D eigenvalue weighted by molar-refractivity contribution is 0.352. The Labute approximate surface area is 105 Å². The predicted molar refractivity (Wildman–Crippen MR) is 74.1 cm³/mol. The van der Waals surface area contributed by atoms with E-state index in [2.05, 4.69) is 50.3 Å². The van der Waals surface area contributed by atoms with Crippen LogP contribution in [0.4, 0.5) is 0 Å². The van der Waals surface area contributed by atoms with Gasteiger partial charge in [0.2, 0.25) is 0 Å². The summed E-state index contributed by atoms with van der Waals surface area (Å²) in [7, 11) is 0. The molecule has 1 heterocycles. The third-order valence-electron chi connectivity index (χ3n) is 3.60. The molecule has 0 radical (unpaired) electrons. The van der Waals surface area contributed by atoms with Crippen LogP contribution < -0.4 is 11.1 Å². The van der Waals surface area contributed by atoms with Gasteiger partial charge >= 0.3 is 0 Å². The van der Waals surface area contributed by atoms with Gasteiger partial charge in [-0.3, -0.25) is 0 Å². The molecule has 0 bridgehead atoms. The number of rotatable bonds is 7. The largest absolute Gasteiger partial charge is 0.367 e. The number of hydrogen-bond acceptors (Lipinski definition) is 2. The Morgan fingerprint density at radius 2 is 2.12 bits per heavy atom. The van der Waals surface area contributed by atoms with Crippen LogP contribution in [0.15, 0.2) is 18.5 Å². The van der Waals surface area contributed by atoms with Crippen LogP contribution in [-0.4, -0.2) is 24.6 Å². The average Bonchev–Trinajstić information content (AvgIpc) is 2.77. The fraction of sp³-hybridized carbons (Fsp3) is 0.714. The minimum atomic E-state index is 0.163. The van der Waals surface area contributed by atoms with Gasteiger partial charge in [0.05, 0.1) is 0 Å². The second kappa shape index (κ2) is 6.22. The van der Waals surface area contributed by atoms with Crippen LogP contribution in [0, 0.1) is 11.8 Å². The van der Waals surface area contributed by atoms with E-state index in [-0.39, 0.29) is 5.41 Å². The van der Waals surface area contributed by atoms with Crippen molar-refractivity contribution in [3.05, 3.63) is 24.0 Å². The Kier molecular flexibility index (Phi) is 5.22. The van der Waals surface area contributed by atoms with E-state index in [4.69, 9.17) is 5.73 Å². The molecule has 4 N–H and O–H groups in total. The molecule has 0 saturated carbocycles. The molecule has 1 atom stereocenters. The summed E-state index contributed by atoms with van der Waals surface area (Å²) in [6.07, 6.45) is 4.05. The average molecular weight is 237 g/mol. The van der Waals surface area contributed by atoms with Gasteiger partial charge in [-0.1, -0.05) is 27.7 Å². The normalized spacial score (nSPS) is 14.2. The first-order chi connectivity index (χ1) is 7.97. The van der Waals surface area contributed by atoms with Crippen LogP contribution in [-0.2, 0) is 5.41 Å². The van der Waals surface area contributed by atoms with Crippen molar-refractivity contribution in [2.24, 2.45) is 17.6 Å². The molecule has 98 valence electrons. The van der Waals surface area contributed by atoms with Crippen molar-refractivity contribution >= 4 is 0 Å². The molecule has 0 spiro atoms. The van der Waals surface area contributed by atoms with Crippen molar-refractivity contribution in [1.82, 2.24) is 10.3 Å². The van der Waals surface area contributed by atoms with Crippen molar-refractivity contribution < 1.29 is 0 Å². The lowest BCUT2D eigenvalue weighted by Crippen LogP contribution is -2.38. The van der Waals surface area contributed by atoms with Gasteiger partial charge in [0.15, 0.2) is 0 Å². The number of nitrogens with one attached hydrogen (secondary N) is 2. The van der Waals surface area contributed by atoms with Crippen LogP contribution in [0.25, 0.3) is 0 Å². The van der Waals surface area contributed by atoms with E-state index >= 15 is 0 Å². The lowest BCUT2D eigenvalue weighted by Gasteiger charge is -2.27. The third kappa shape index (κ3) is 4.17. The van der Waals surface area contributed by atoms with Crippen molar-refractivity contribution in [3.63, 3.8) is 0 Å². The second-order valence-corrected chi connectivity index (χ2v) is 5.85. The highest BCUT2D eigenvalue weighted by Gasteiger charge is 2.21. The smallest absolute Gasteiger partial charge is 0.00438 e. The van der Waals surface area contributed by atoms with Gasteiger partial charge in [-0.15, -0.1) is 0 Å². The maximum atomic E-state index is 5.77. The fourth-order valence-electron chi connectivity index (χ4n) is 2.01. The van der Waals surface area contributed by atoms with E-state index in [9.17, 15) is 0 Å². The Bertz CT molecular complexity index is 301. The molecule has 3 heteroatoms. The van der Waals surface area contributed by atoms with Gasteiger partial charge in [0, 0.05) is 24.4 Å². The zero-order chi connectivity index (χ0) is 12.9. The Morgan fingerprint density at radius 3 is 2.59 bits per heavy atom. The maximum Gasteiger partial charge on any atom is 0.00438 e. The molecule has 0 aliphatic heterocycles. The first-order valence-electron chi connectivity index (χ1n) is 6.51. The molecule has 0 fully saturated rings. The summed E-state index contributed by atoms with van der Waals surface area (Å²) < 4.78 is 0. The molecular weight excluding hydrogens is 210 g/mol. The number of nitrogens with two attached hydrogens (primary N) is 1. The van der Waals surface area contributed by atoms with Gasteiger partial charge in [0.25, 0.3) is 0 Å². The van der Waals surface area contributed by atoms with E-state index in [0.29, 0.717) is 11.8 Å². The molecule has 0 aliphatic carbocycles. The quantitative estimate of drug-likeness (QED) is 0.680. The van der Waals surface area contributed by atoms with Crippen LogP contribution in [0.5, 0.6) is 0 Å². The standard InChI is InChI=1S/C14H27N3/c1-11(2)12(7-15)8-17-10-14(3,4)13-5-6-16-9-13/h5-6,9,11-12,16-17H,7-8,10,15H2,1-4H3. The van der Waals surface area contributed by atoms with E-state index < -0.39 is 0 Å². The van der Waals surface area contributed by atoms with E-state index in [1.807, 2.05) is 6.20 Å². The van der Waals surface area contributed by atoms with Crippen LogP contribution in [0.2, 0.25) is 0 Å². The molecule has 1 unspecified atom stereocenters. The number of hydrogen-bond donors (Lipinski definition) is 3. The summed E-state index contributed by atoms with van der Waals surface area (Å²) in [4.78, 5) is 3.12. The first kappa shape index (κ1) is 14.3. The molecule has 1 aromatic heterocycles. The van der Waals surface area contributed by atoms with Crippen molar-refractivity contribution in [1.29, 1.82) is 0 Å². The molecule has 0 aromatic carbocycles. The predicted octanol–water partition coefficient (Wildman–Crippen LogP) is 2.11. The Hall–Kier alpha value is -0.800. The van der Waals surface area contributed by atoms with Gasteiger partial charge in [-0.05, 0) is 36.6 Å². The highest BCUT2D eigenvalue weighted by atomic mass is 14.9. The topological polar surface area (TPSA) is 53.8 Å². The molecular formula is C14H27N3. The van der Waals surface area contributed by atoms with Gasteiger partial charge in [-0.2, -0.15) is 0 Å². The minimum absolute atomic E-state index is 0.163. The second-order valence-electron chi connectivity index (χ2n) is 5.85. The van der Waals surface area contributed by atoms with Crippen LogP contribution in [0.3, 0.4) is 0 Å². The van der Waals surface area contributed by atoms with E-state index in [1.165, 1.54) is 5.56 Å². The SMILES string of the molecule is CC(C)C(CN)CNCC(C)(C)c1cc[nH]c1. The van der Waals surface area contributed by atoms with E-state index in [0.717, 1.165) is 19.6 Å². The van der Waals surface area contributed by atoms with Crippen molar-refractivity contribution in [3.8, 4) is 0 Å². The van der Waals surface area contributed by atoms with Crippen molar-refractivity contribution in [2.45, 2.75) is 33.1 Å². The Balaban J connectivity index is 2.40.